The van der Waals surface area contributed by atoms with E-state index in [1.54, 1.807) is 12.3 Å². The van der Waals surface area contributed by atoms with Crippen LogP contribution in [0.2, 0.25) is 0 Å². The Morgan fingerprint density at radius 2 is 1.77 bits per heavy atom. The number of carbonyl (C=O) groups is 3. The third-order valence-corrected chi connectivity index (χ3v) is 1.12. The van der Waals surface area contributed by atoms with E-state index in [-0.39, 0.29) is 12.5 Å². The van der Waals surface area contributed by atoms with Crippen LogP contribution in [0.5, 0.6) is 0 Å². The van der Waals surface area contributed by atoms with Crippen molar-refractivity contribution in [2.75, 3.05) is 13.1 Å². The number of amides is 3. The maximum absolute atomic E-state index is 10.8. The predicted octanol–water partition coefficient (Wildman–Crippen LogP) is -2.77. The zero-order valence-electron chi connectivity index (χ0n) is 7.22. The number of hydrogen-bond donors (Lipinski definition) is 4. The number of hydrazine groups is 1. The van der Waals surface area contributed by atoms with Gasteiger partial charge in [0.2, 0.25) is 5.91 Å². The van der Waals surface area contributed by atoms with E-state index in [0.717, 1.165) is 0 Å². The Morgan fingerprint density at radius 1 is 1.15 bits per heavy atom. The Bertz CT molecular complexity index is 216. The van der Waals surface area contributed by atoms with Crippen molar-refractivity contribution < 1.29 is 14.4 Å². The van der Waals surface area contributed by atoms with Crippen LogP contribution in [-0.4, -0.2) is 30.8 Å². The van der Waals surface area contributed by atoms with Crippen LogP contribution >= 0.6 is 0 Å². The van der Waals surface area contributed by atoms with Crippen molar-refractivity contribution in [3.05, 3.63) is 0 Å². The van der Waals surface area contributed by atoms with E-state index in [4.69, 9.17) is 0 Å². The summed E-state index contributed by atoms with van der Waals surface area (Å²) in [7, 11) is 0. The number of carbonyl (C=O) groups excluding carboxylic acids is 3. The van der Waals surface area contributed by atoms with Crippen molar-refractivity contribution in [1.82, 2.24) is 16.1 Å². The standard InChI is InChI=1S/C6H12N4O3/c1-2-8-4(11)3-9-5(12)6(13)10-7/h2-3,7H2,1H3,(H,8,11)(H,9,12)(H,10,13). The third-order valence-electron chi connectivity index (χ3n) is 1.12. The molecule has 0 spiro atoms. The number of nitrogens with one attached hydrogen (secondary N) is 3. The molecule has 7 nitrogen and oxygen atoms in total. The first-order valence-electron chi connectivity index (χ1n) is 3.67. The van der Waals surface area contributed by atoms with E-state index in [1.165, 1.54) is 0 Å². The highest BCUT2D eigenvalue weighted by atomic mass is 16.2. The number of nitrogens with two attached hydrogens (primary N) is 1. The molecule has 0 aromatic rings. The van der Waals surface area contributed by atoms with E-state index in [2.05, 4.69) is 16.5 Å². The third kappa shape index (κ3) is 4.75. The van der Waals surface area contributed by atoms with Gasteiger partial charge >= 0.3 is 11.8 Å². The largest absolute Gasteiger partial charge is 0.355 e. The summed E-state index contributed by atoms with van der Waals surface area (Å²) in [6, 6.07) is 0. The van der Waals surface area contributed by atoms with Crippen molar-refractivity contribution in [3.63, 3.8) is 0 Å². The van der Waals surface area contributed by atoms with Gasteiger partial charge in [-0.3, -0.25) is 19.8 Å². The molecule has 0 aliphatic rings. The summed E-state index contributed by atoms with van der Waals surface area (Å²) in [6.07, 6.45) is 0. The second kappa shape index (κ2) is 5.95. The van der Waals surface area contributed by atoms with E-state index in [1.807, 2.05) is 0 Å². The van der Waals surface area contributed by atoms with Gasteiger partial charge < -0.3 is 10.6 Å². The second-order valence-corrected chi connectivity index (χ2v) is 2.11. The highest BCUT2D eigenvalue weighted by molar-refractivity contribution is 6.35. The lowest BCUT2D eigenvalue weighted by molar-refractivity contribution is -0.139. The summed E-state index contributed by atoms with van der Waals surface area (Å²) in [5, 5.41) is 4.52. The fourth-order valence-corrected chi connectivity index (χ4v) is 0.566. The van der Waals surface area contributed by atoms with E-state index >= 15 is 0 Å². The van der Waals surface area contributed by atoms with Gasteiger partial charge in [0.1, 0.15) is 0 Å². The van der Waals surface area contributed by atoms with Gasteiger partial charge in [0, 0.05) is 6.54 Å². The molecule has 0 atom stereocenters. The summed E-state index contributed by atoms with van der Waals surface area (Å²) < 4.78 is 0. The molecule has 0 radical (unpaired) electrons. The smallest absolute Gasteiger partial charge is 0.323 e. The van der Waals surface area contributed by atoms with Gasteiger partial charge in [-0.15, -0.1) is 0 Å². The lowest BCUT2D eigenvalue weighted by Gasteiger charge is -2.03. The maximum atomic E-state index is 10.8. The highest BCUT2D eigenvalue weighted by Crippen LogP contribution is 1.67. The fourth-order valence-electron chi connectivity index (χ4n) is 0.566. The van der Waals surface area contributed by atoms with Crippen LogP contribution in [0.3, 0.4) is 0 Å². The number of hydrogen-bond acceptors (Lipinski definition) is 4. The Balaban J connectivity index is 3.70. The zero-order chi connectivity index (χ0) is 10.3. The first kappa shape index (κ1) is 11.4. The molecule has 0 saturated heterocycles. The molecule has 0 saturated carbocycles. The number of likely N-dealkylation sites (N-methyl/N-ethyl adjacent to an activating group) is 1. The monoisotopic (exact) mass is 188 g/mol. The van der Waals surface area contributed by atoms with Crippen molar-refractivity contribution >= 4 is 17.7 Å². The molecule has 0 aliphatic carbocycles. The van der Waals surface area contributed by atoms with Crippen molar-refractivity contribution in [1.29, 1.82) is 0 Å². The van der Waals surface area contributed by atoms with E-state index in [9.17, 15) is 14.4 Å². The minimum atomic E-state index is -0.982. The number of rotatable bonds is 3. The Hall–Kier alpha value is -1.63. The molecular weight excluding hydrogens is 176 g/mol. The lowest BCUT2D eigenvalue weighted by atomic mass is 10.5. The van der Waals surface area contributed by atoms with Crippen molar-refractivity contribution in [3.8, 4) is 0 Å². The van der Waals surface area contributed by atoms with Crippen LogP contribution in [0.1, 0.15) is 6.92 Å². The lowest BCUT2D eigenvalue weighted by Crippen LogP contribution is -2.46. The van der Waals surface area contributed by atoms with Gasteiger partial charge in [-0.2, -0.15) is 0 Å². The fraction of sp³-hybridized carbons (Fsp3) is 0.500. The molecule has 0 unspecified atom stereocenters. The van der Waals surface area contributed by atoms with Crippen LogP contribution in [0.4, 0.5) is 0 Å². The first-order valence-corrected chi connectivity index (χ1v) is 3.67. The molecule has 0 aliphatic heterocycles. The van der Waals surface area contributed by atoms with Crippen LogP contribution in [0.15, 0.2) is 0 Å². The van der Waals surface area contributed by atoms with Crippen LogP contribution in [-0.2, 0) is 14.4 Å². The van der Waals surface area contributed by atoms with Gasteiger partial charge in [0.25, 0.3) is 0 Å². The van der Waals surface area contributed by atoms with Gasteiger partial charge in [0.05, 0.1) is 6.54 Å². The van der Waals surface area contributed by atoms with Crippen LogP contribution in [0.25, 0.3) is 0 Å². The molecule has 0 aromatic carbocycles. The summed E-state index contributed by atoms with van der Waals surface area (Å²) in [5.41, 5.74) is 1.64. The minimum absolute atomic E-state index is 0.236. The molecule has 5 N–H and O–H groups in total. The molecule has 0 rings (SSSR count). The molecule has 7 heteroatoms. The van der Waals surface area contributed by atoms with Gasteiger partial charge in [-0.05, 0) is 6.92 Å². The van der Waals surface area contributed by atoms with Crippen LogP contribution in [0, 0.1) is 0 Å². The topological polar surface area (TPSA) is 113 Å². The SMILES string of the molecule is CCNC(=O)CNC(=O)C(=O)NN. The summed E-state index contributed by atoms with van der Waals surface area (Å²) >= 11 is 0. The second-order valence-electron chi connectivity index (χ2n) is 2.11. The van der Waals surface area contributed by atoms with E-state index < -0.39 is 11.8 Å². The summed E-state index contributed by atoms with van der Waals surface area (Å²) in [6.45, 7) is 1.98. The molecule has 0 aromatic heterocycles. The van der Waals surface area contributed by atoms with Crippen LogP contribution < -0.4 is 21.9 Å². The average molecular weight is 188 g/mol. The average Bonchev–Trinajstić information content (AvgIpc) is 2.13. The molecule has 0 bridgehead atoms. The molecule has 13 heavy (non-hydrogen) atoms. The first-order chi connectivity index (χ1) is 6.11. The summed E-state index contributed by atoms with van der Waals surface area (Å²) in [5.74, 6) is 2.40. The Morgan fingerprint density at radius 3 is 2.23 bits per heavy atom. The highest BCUT2D eigenvalue weighted by Gasteiger charge is 2.11. The summed E-state index contributed by atoms with van der Waals surface area (Å²) in [4.78, 5) is 32.0. The van der Waals surface area contributed by atoms with Gasteiger partial charge in [-0.1, -0.05) is 0 Å². The molecule has 0 heterocycles. The van der Waals surface area contributed by atoms with Crippen molar-refractivity contribution in [2.24, 2.45) is 5.84 Å². The molecular formula is C6H12N4O3. The molecule has 74 valence electrons. The zero-order valence-corrected chi connectivity index (χ0v) is 7.22. The van der Waals surface area contributed by atoms with E-state index in [0.29, 0.717) is 6.54 Å². The normalized spacial score (nSPS) is 8.77. The Kier molecular flexibility index (Phi) is 5.20. The quantitative estimate of drug-likeness (QED) is 0.166. The molecule has 0 fully saturated rings. The van der Waals surface area contributed by atoms with Gasteiger partial charge in [-0.25, -0.2) is 5.84 Å². The predicted molar refractivity (Wildman–Crippen MR) is 44.0 cm³/mol. The van der Waals surface area contributed by atoms with Gasteiger partial charge in [0.15, 0.2) is 0 Å². The maximum Gasteiger partial charge on any atom is 0.323 e. The minimum Gasteiger partial charge on any atom is -0.355 e. The molecule has 3 amide bonds. The Labute approximate surface area is 75.0 Å². The van der Waals surface area contributed by atoms with Crippen molar-refractivity contribution in [2.45, 2.75) is 6.92 Å².